The van der Waals surface area contributed by atoms with Crippen LogP contribution in [0.2, 0.25) is 0 Å². The molecule has 0 bridgehead atoms. The van der Waals surface area contributed by atoms with Crippen molar-refractivity contribution in [3.05, 3.63) is 82.7 Å². The van der Waals surface area contributed by atoms with E-state index in [1.165, 1.54) is 23.5 Å². The largest absolute Gasteiger partial charge is 0.507 e. The normalized spacial score (nSPS) is 12.4. The number of thiazole rings is 1. The summed E-state index contributed by atoms with van der Waals surface area (Å²) in [6, 6.07) is 13.3. The SMILES string of the molecule is C=CCN=c1scc(-c2ccc(F)cc2)n1N=C(C)c1ccccc1O. The van der Waals surface area contributed by atoms with Crippen molar-refractivity contribution in [1.82, 2.24) is 4.68 Å². The minimum Gasteiger partial charge on any atom is -0.507 e. The molecular formula is C20H18FN3OS. The molecule has 0 saturated heterocycles. The van der Waals surface area contributed by atoms with Crippen LogP contribution in [0.4, 0.5) is 4.39 Å². The molecule has 0 spiro atoms. The van der Waals surface area contributed by atoms with Crippen molar-refractivity contribution in [3.63, 3.8) is 0 Å². The molecule has 0 atom stereocenters. The van der Waals surface area contributed by atoms with Crippen LogP contribution >= 0.6 is 11.3 Å². The van der Waals surface area contributed by atoms with E-state index in [0.717, 1.165) is 11.3 Å². The van der Waals surface area contributed by atoms with Crippen molar-refractivity contribution < 1.29 is 9.50 Å². The Morgan fingerprint density at radius 2 is 1.96 bits per heavy atom. The van der Waals surface area contributed by atoms with E-state index < -0.39 is 0 Å². The molecule has 0 amide bonds. The number of phenols is 1. The van der Waals surface area contributed by atoms with Crippen LogP contribution in [0.1, 0.15) is 12.5 Å². The van der Waals surface area contributed by atoms with E-state index in [-0.39, 0.29) is 11.6 Å². The lowest BCUT2D eigenvalue weighted by molar-refractivity contribution is 0.474. The second-order valence-corrected chi connectivity index (χ2v) is 6.39. The van der Waals surface area contributed by atoms with Gasteiger partial charge in [-0.25, -0.2) is 9.07 Å². The summed E-state index contributed by atoms with van der Waals surface area (Å²) in [4.78, 5) is 5.17. The highest BCUT2D eigenvalue weighted by molar-refractivity contribution is 7.07. The van der Waals surface area contributed by atoms with Gasteiger partial charge in [-0.2, -0.15) is 5.10 Å². The van der Waals surface area contributed by atoms with E-state index in [1.54, 1.807) is 41.1 Å². The van der Waals surface area contributed by atoms with E-state index in [9.17, 15) is 9.50 Å². The highest BCUT2D eigenvalue weighted by Crippen LogP contribution is 2.22. The van der Waals surface area contributed by atoms with Gasteiger partial charge in [-0.3, -0.25) is 4.99 Å². The molecule has 1 heterocycles. The molecule has 0 aliphatic heterocycles. The zero-order valence-electron chi connectivity index (χ0n) is 14.3. The van der Waals surface area contributed by atoms with E-state index >= 15 is 0 Å². The van der Waals surface area contributed by atoms with Crippen molar-refractivity contribution in [2.24, 2.45) is 10.1 Å². The zero-order chi connectivity index (χ0) is 18.5. The smallest absolute Gasteiger partial charge is 0.206 e. The number of aromatic nitrogens is 1. The fourth-order valence-electron chi connectivity index (χ4n) is 2.45. The second-order valence-electron chi connectivity index (χ2n) is 5.55. The number of benzene rings is 2. The fraction of sp³-hybridized carbons (Fsp3) is 0.100. The Hall–Kier alpha value is -2.99. The van der Waals surface area contributed by atoms with Crippen molar-refractivity contribution >= 4 is 17.0 Å². The molecule has 2 aromatic carbocycles. The molecule has 1 N–H and O–H groups in total. The third-order valence-corrected chi connectivity index (χ3v) is 4.58. The van der Waals surface area contributed by atoms with Gasteiger partial charge in [0.25, 0.3) is 0 Å². The molecule has 26 heavy (non-hydrogen) atoms. The van der Waals surface area contributed by atoms with Crippen LogP contribution in [0.25, 0.3) is 11.3 Å². The molecule has 0 radical (unpaired) electrons. The predicted molar refractivity (Wildman–Crippen MR) is 104 cm³/mol. The Morgan fingerprint density at radius 1 is 1.23 bits per heavy atom. The number of phenolic OH excluding ortho intramolecular Hbond substituents is 1. The fourth-order valence-corrected chi connectivity index (χ4v) is 3.29. The number of rotatable bonds is 5. The van der Waals surface area contributed by atoms with E-state index in [4.69, 9.17) is 0 Å². The van der Waals surface area contributed by atoms with Crippen molar-refractivity contribution in [2.75, 3.05) is 6.54 Å². The predicted octanol–water partition coefficient (Wildman–Crippen LogP) is 4.42. The third kappa shape index (κ3) is 3.81. The Bertz CT molecular complexity index is 1020. The summed E-state index contributed by atoms with van der Waals surface area (Å²) >= 11 is 1.44. The first-order valence-corrected chi connectivity index (χ1v) is 8.90. The Kier molecular flexibility index (Phi) is 5.43. The molecule has 6 heteroatoms. The quantitative estimate of drug-likeness (QED) is 0.527. The summed E-state index contributed by atoms with van der Waals surface area (Å²) in [5.41, 5.74) is 2.92. The van der Waals surface area contributed by atoms with Gasteiger partial charge in [0.05, 0.1) is 18.0 Å². The second kappa shape index (κ2) is 7.93. The van der Waals surface area contributed by atoms with Gasteiger partial charge in [-0.15, -0.1) is 17.9 Å². The van der Waals surface area contributed by atoms with E-state index in [0.29, 0.717) is 22.6 Å². The van der Waals surface area contributed by atoms with Crippen LogP contribution in [-0.4, -0.2) is 22.0 Å². The number of hydrogen-bond acceptors (Lipinski definition) is 4. The van der Waals surface area contributed by atoms with Crippen LogP contribution in [0.5, 0.6) is 5.75 Å². The standard InChI is InChI=1S/C20H18FN3OS/c1-3-12-22-20-24(23-14(2)17-6-4-5-7-19(17)25)18(13-26-20)15-8-10-16(21)11-9-15/h3-11,13,25H,1,12H2,2H3. The van der Waals surface area contributed by atoms with Crippen LogP contribution in [0, 0.1) is 5.82 Å². The van der Waals surface area contributed by atoms with Gasteiger partial charge in [-0.05, 0) is 43.3 Å². The third-order valence-electron chi connectivity index (χ3n) is 3.72. The van der Waals surface area contributed by atoms with Gasteiger partial charge in [0.1, 0.15) is 11.6 Å². The number of halogens is 1. The first-order chi connectivity index (χ1) is 12.6. The average Bonchev–Trinajstić information content (AvgIpc) is 3.03. The topological polar surface area (TPSA) is 49.9 Å². The number of para-hydroxylation sites is 1. The maximum atomic E-state index is 13.3. The Morgan fingerprint density at radius 3 is 2.65 bits per heavy atom. The molecule has 0 unspecified atom stereocenters. The van der Waals surface area contributed by atoms with Crippen LogP contribution in [0.3, 0.4) is 0 Å². The molecular weight excluding hydrogens is 349 g/mol. The molecule has 3 aromatic rings. The first kappa shape index (κ1) is 17.8. The van der Waals surface area contributed by atoms with Crippen LogP contribution < -0.4 is 4.80 Å². The van der Waals surface area contributed by atoms with Gasteiger partial charge in [0.15, 0.2) is 0 Å². The van der Waals surface area contributed by atoms with E-state index in [2.05, 4.69) is 16.7 Å². The Balaban J connectivity index is 2.16. The van der Waals surface area contributed by atoms with Gasteiger partial charge in [0.2, 0.25) is 4.80 Å². The maximum Gasteiger partial charge on any atom is 0.206 e. The van der Waals surface area contributed by atoms with Crippen LogP contribution in [0.15, 0.2) is 76.7 Å². The lowest BCUT2D eigenvalue weighted by atomic mass is 10.1. The lowest BCUT2D eigenvalue weighted by Gasteiger charge is -2.07. The molecule has 132 valence electrons. The molecule has 0 fully saturated rings. The monoisotopic (exact) mass is 367 g/mol. The van der Waals surface area contributed by atoms with Crippen LogP contribution in [-0.2, 0) is 0 Å². The molecule has 4 nitrogen and oxygen atoms in total. The molecule has 0 aliphatic carbocycles. The van der Waals surface area contributed by atoms with Crippen molar-refractivity contribution in [1.29, 1.82) is 0 Å². The molecule has 0 saturated carbocycles. The maximum absolute atomic E-state index is 13.3. The summed E-state index contributed by atoms with van der Waals surface area (Å²) in [5, 5.41) is 16.7. The van der Waals surface area contributed by atoms with E-state index in [1.807, 2.05) is 18.4 Å². The van der Waals surface area contributed by atoms with Gasteiger partial charge >= 0.3 is 0 Å². The minimum absolute atomic E-state index is 0.164. The highest BCUT2D eigenvalue weighted by Gasteiger charge is 2.10. The molecule has 0 aliphatic rings. The summed E-state index contributed by atoms with van der Waals surface area (Å²) in [7, 11) is 0. The average molecular weight is 367 g/mol. The van der Waals surface area contributed by atoms with Crippen molar-refractivity contribution in [3.8, 4) is 17.0 Å². The Labute approximate surface area is 154 Å². The summed E-state index contributed by atoms with van der Waals surface area (Å²) in [6.07, 6.45) is 1.71. The van der Waals surface area contributed by atoms with Crippen molar-refractivity contribution in [2.45, 2.75) is 6.92 Å². The minimum atomic E-state index is -0.291. The van der Waals surface area contributed by atoms with Gasteiger partial charge in [-0.1, -0.05) is 18.2 Å². The molecule has 3 rings (SSSR count). The molecule has 1 aromatic heterocycles. The van der Waals surface area contributed by atoms with Gasteiger partial charge < -0.3 is 5.11 Å². The zero-order valence-corrected chi connectivity index (χ0v) is 15.1. The summed E-state index contributed by atoms with van der Waals surface area (Å²) in [6.45, 7) is 5.98. The summed E-state index contributed by atoms with van der Waals surface area (Å²) in [5.74, 6) is -0.126. The number of nitrogens with zero attached hydrogens (tertiary/aromatic N) is 3. The number of aromatic hydroxyl groups is 1. The number of hydrogen-bond donors (Lipinski definition) is 1. The summed E-state index contributed by atoms with van der Waals surface area (Å²) < 4.78 is 15.0. The highest BCUT2D eigenvalue weighted by atomic mass is 32.1. The lowest BCUT2D eigenvalue weighted by Crippen LogP contribution is -2.14. The van der Waals surface area contributed by atoms with Gasteiger partial charge in [0, 0.05) is 16.5 Å². The first-order valence-electron chi connectivity index (χ1n) is 8.02.